The van der Waals surface area contributed by atoms with E-state index in [1.807, 2.05) is 30.6 Å². The van der Waals surface area contributed by atoms with Gasteiger partial charge in [-0.25, -0.2) is 0 Å². The summed E-state index contributed by atoms with van der Waals surface area (Å²) in [5.74, 6) is 0.829. The number of fused-ring (bicyclic) bond motifs is 2. The number of β-amino-alcohol motifs (C(OH)–C–C–N with tert-alkyl or cyclic N) is 1. The molecule has 3 N–H and O–H groups in total. The van der Waals surface area contributed by atoms with Crippen molar-refractivity contribution < 1.29 is 9.52 Å². The predicted octanol–water partition coefficient (Wildman–Crippen LogP) is 3.54. The van der Waals surface area contributed by atoms with Gasteiger partial charge in [-0.15, -0.1) is 0 Å². The van der Waals surface area contributed by atoms with Gasteiger partial charge in [-0.1, -0.05) is 30.3 Å². The minimum absolute atomic E-state index is 0.112. The van der Waals surface area contributed by atoms with Gasteiger partial charge in [-0.05, 0) is 35.6 Å². The second-order valence-corrected chi connectivity index (χ2v) is 7.65. The highest BCUT2D eigenvalue weighted by atomic mass is 16.3. The van der Waals surface area contributed by atoms with Crippen molar-refractivity contribution in [1.82, 2.24) is 9.88 Å². The number of aliphatic hydroxyl groups is 1. The first-order valence-corrected chi connectivity index (χ1v) is 9.69. The van der Waals surface area contributed by atoms with Crippen LogP contribution in [0.5, 0.6) is 0 Å². The lowest BCUT2D eigenvalue weighted by Gasteiger charge is -2.34. The summed E-state index contributed by atoms with van der Waals surface area (Å²) in [4.78, 5) is 6.67. The van der Waals surface area contributed by atoms with Gasteiger partial charge < -0.3 is 15.3 Å². The molecule has 0 amide bonds. The molecule has 1 aliphatic heterocycles. The second-order valence-electron chi connectivity index (χ2n) is 7.65. The van der Waals surface area contributed by atoms with Gasteiger partial charge in [0.2, 0.25) is 0 Å². The van der Waals surface area contributed by atoms with E-state index >= 15 is 0 Å². The van der Waals surface area contributed by atoms with Crippen molar-refractivity contribution in [2.75, 3.05) is 13.1 Å². The van der Waals surface area contributed by atoms with Crippen molar-refractivity contribution in [3.05, 3.63) is 66.5 Å². The van der Waals surface area contributed by atoms with Crippen LogP contribution in [-0.2, 0) is 6.54 Å². The van der Waals surface area contributed by atoms with Crippen molar-refractivity contribution >= 4 is 21.7 Å². The molecule has 1 fully saturated rings. The normalized spacial score (nSPS) is 20.8. The average molecular weight is 373 g/mol. The number of hydrogen-bond acceptors (Lipinski definition) is 5. The highest BCUT2D eigenvalue weighted by molar-refractivity contribution is 5.97. The molecule has 2 unspecified atom stereocenters. The van der Waals surface area contributed by atoms with Gasteiger partial charge in [0.1, 0.15) is 11.3 Å². The molecule has 1 saturated heterocycles. The number of benzene rings is 2. The first-order valence-electron chi connectivity index (χ1n) is 9.69. The third-order valence-corrected chi connectivity index (χ3v) is 5.64. The largest absolute Gasteiger partial charge is 0.456 e. The lowest BCUT2D eigenvalue weighted by atomic mass is 10.0. The fraction of sp³-hybridized carbons (Fsp3) is 0.261. The van der Waals surface area contributed by atoms with E-state index in [1.54, 1.807) is 0 Å². The Balaban J connectivity index is 1.51. The molecule has 5 nitrogen and oxygen atoms in total. The molecule has 3 heterocycles. The summed E-state index contributed by atoms with van der Waals surface area (Å²) in [6, 6.07) is 16.4. The number of aromatic nitrogens is 1. The summed E-state index contributed by atoms with van der Waals surface area (Å²) in [7, 11) is 0. The number of hydrogen-bond donors (Lipinski definition) is 2. The zero-order valence-corrected chi connectivity index (χ0v) is 15.6. The van der Waals surface area contributed by atoms with Gasteiger partial charge in [0.05, 0.1) is 6.10 Å². The van der Waals surface area contributed by atoms with Crippen LogP contribution in [0.3, 0.4) is 0 Å². The van der Waals surface area contributed by atoms with E-state index in [9.17, 15) is 5.11 Å². The van der Waals surface area contributed by atoms with Crippen LogP contribution in [0.2, 0.25) is 0 Å². The summed E-state index contributed by atoms with van der Waals surface area (Å²) in [6.07, 6.45) is 4.12. The van der Waals surface area contributed by atoms with E-state index in [0.29, 0.717) is 6.54 Å². The summed E-state index contributed by atoms with van der Waals surface area (Å²) >= 11 is 0. The SMILES string of the molecule is NC1CCN(Cc2ccc3cncc(-c4cc5ccccc5o4)c3c2)CC1O. The van der Waals surface area contributed by atoms with Crippen LogP contribution < -0.4 is 5.73 Å². The molecule has 0 spiro atoms. The number of aliphatic hydroxyl groups excluding tert-OH is 1. The molecule has 2 aromatic heterocycles. The zero-order chi connectivity index (χ0) is 19.1. The molecule has 4 aromatic rings. The maximum atomic E-state index is 10.1. The van der Waals surface area contributed by atoms with Crippen molar-refractivity contribution in [2.45, 2.75) is 25.1 Å². The van der Waals surface area contributed by atoms with E-state index in [-0.39, 0.29) is 6.04 Å². The van der Waals surface area contributed by atoms with E-state index in [2.05, 4.69) is 40.2 Å². The minimum atomic E-state index is -0.454. The van der Waals surface area contributed by atoms with Crippen molar-refractivity contribution in [3.63, 3.8) is 0 Å². The lowest BCUT2D eigenvalue weighted by molar-refractivity contribution is 0.0499. The number of pyridine rings is 1. The van der Waals surface area contributed by atoms with Gasteiger partial charge in [0, 0.05) is 54.4 Å². The highest BCUT2D eigenvalue weighted by Crippen LogP contribution is 2.33. The zero-order valence-electron chi connectivity index (χ0n) is 15.6. The Morgan fingerprint density at radius 1 is 1.11 bits per heavy atom. The van der Waals surface area contributed by atoms with E-state index in [4.69, 9.17) is 10.2 Å². The molecule has 142 valence electrons. The first kappa shape index (κ1) is 17.4. The quantitative estimate of drug-likeness (QED) is 0.574. The lowest BCUT2D eigenvalue weighted by Crippen LogP contribution is -2.50. The van der Waals surface area contributed by atoms with Crippen molar-refractivity contribution in [1.29, 1.82) is 0 Å². The Hall–Kier alpha value is -2.73. The van der Waals surface area contributed by atoms with Crippen LogP contribution >= 0.6 is 0 Å². The van der Waals surface area contributed by atoms with Crippen LogP contribution in [0.4, 0.5) is 0 Å². The highest BCUT2D eigenvalue weighted by Gasteiger charge is 2.24. The van der Waals surface area contributed by atoms with E-state index in [0.717, 1.165) is 52.6 Å². The standard InChI is InChI=1S/C23H23N3O2/c24-20-7-8-26(14-21(20)27)13-15-5-6-17-11-25-12-19(18(17)9-15)23-10-16-3-1-2-4-22(16)28-23/h1-6,9-12,20-21,27H,7-8,13-14,24H2. The summed E-state index contributed by atoms with van der Waals surface area (Å²) < 4.78 is 6.08. The molecule has 0 bridgehead atoms. The van der Waals surface area contributed by atoms with Crippen LogP contribution in [-0.4, -0.2) is 40.2 Å². The predicted molar refractivity (Wildman–Crippen MR) is 111 cm³/mol. The summed E-state index contributed by atoms with van der Waals surface area (Å²) in [6.45, 7) is 2.32. The Labute approximate surface area is 163 Å². The molecular weight excluding hydrogens is 350 g/mol. The molecule has 1 aliphatic rings. The number of rotatable bonds is 3. The number of nitrogens with two attached hydrogens (primary N) is 1. The molecular formula is C23H23N3O2. The Morgan fingerprint density at radius 2 is 2.00 bits per heavy atom. The summed E-state index contributed by atoms with van der Waals surface area (Å²) in [5.41, 5.74) is 9.01. The third-order valence-electron chi connectivity index (χ3n) is 5.64. The van der Waals surface area contributed by atoms with E-state index in [1.165, 1.54) is 5.56 Å². The third kappa shape index (κ3) is 3.18. The van der Waals surface area contributed by atoms with E-state index < -0.39 is 6.10 Å². The van der Waals surface area contributed by atoms with Gasteiger partial charge in [-0.2, -0.15) is 0 Å². The fourth-order valence-electron chi connectivity index (χ4n) is 4.04. The average Bonchev–Trinajstić information content (AvgIpc) is 3.14. The maximum Gasteiger partial charge on any atom is 0.137 e. The maximum absolute atomic E-state index is 10.1. The molecule has 0 aliphatic carbocycles. The first-order chi connectivity index (χ1) is 13.7. The molecule has 0 radical (unpaired) electrons. The smallest absolute Gasteiger partial charge is 0.137 e. The van der Waals surface area contributed by atoms with Crippen LogP contribution in [0.25, 0.3) is 33.1 Å². The van der Waals surface area contributed by atoms with Gasteiger partial charge >= 0.3 is 0 Å². The Morgan fingerprint density at radius 3 is 2.86 bits per heavy atom. The molecule has 5 rings (SSSR count). The number of para-hydroxylation sites is 1. The Kier molecular flexibility index (Phi) is 4.36. The molecule has 2 atom stereocenters. The number of furan rings is 1. The Bertz CT molecular complexity index is 1100. The van der Waals surface area contributed by atoms with Gasteiger partial charge in [0.25, 0.3) is 0 Å². The number of likely N-dealkylation sites (tertiary alicyclic amines) is 1. The van der Waals surface area contributed by atoms with Crippen LogP contribution in [0.1, 0.15) is 12.0 Å². The summed E-state index contributed by atoms with van der Waals surface area (Å²) in [5, 5.41) is 13.4. The molecule has 28 heavy (non-hydrogen) atoms. The number of piperidine rings is 1. The van der Waals surface area contributed by atoms with Crippen LogP contribution in [0.15, 0.2) is 65.3 Å². The van der Waals surface area contributed by atoms with Gasteiger partial charge in [-0.3, -0.25) is 9.88 Å². The minimum Gasteiger partial charge on any atom is -0.456 e. The molecule has 2 aromatic carbocycles. The number of nitrogens with zero attached hydrogens (tertiary/aromatic N) is 2. The van der Waals surface area contributed by atoms with Crippen molar-refractivity contribution in [2.24, 2.45) is 5.73 Å². The fourth-order valence-corrected chi connectivity index (χ4v) is 4.04. The monoisotopic (exact) mass is 373 g/mol. The van der Waals surface area contributed by atoms with Crippen molar-refractivity contribution in [3.8, 4) is 11.3 Å². The van der Waals surface area contributed by atoms with Crippen LogP contribution in [0, 0.1) is 0 Å². The molecule has 0 saturated carbocycles. The topological polar surface area (TPSA) is 75.5 Å². The molecule has 5 heteroatoms. The van der Waals surface area contributed by atoms with Gasteiger partial charge in [0.15, 0.2) is 0 Å². The second kappa shape index (κ2) is 7.02.